The zero-order valence-electron chi connectivity index (χ0n) is 12.0. The number of hydrogen-bond donors (Lipinski definition) is 0. The van der Waals surface area contributed by atoms with Crippen molar-refractivity contribution in [2.45, 2.75) is 32.1 Å². The predicted octanol–water partition coefficient (Wildman–Crippen LogP) is 1.82. The molecular weight excluding hydrogens is 288 g/mol. The molecule has 2 aromatic heterocycles. The van der Waals surface area contributed by atoms with Gasteiger partial charge in [0.1, 0.15) is 5.82 Å². The molecule has 1 saturated heterocycles. The van der Waals surface area contributed by atoms with Crippen LogP contribution in [0.3, 0.4) is 0 Å². The summed E-state index contributed by atoms with van der Waals surface area (Å²) in [7, 11) is 0. The highest BCUT2D eigenvalue weighted by Crippen LogP contribution is 2.38. The molecule has 0 atom stereocenters. The Morgan fingerprint density at radius 3 is 2.67 bits per heavy atom. The Labute approximate surface area is 127 Å². The van der Waals surface area contributed by atoms with Gasteiger partial charge in [0.15, 0.2) is 5.82 Å². The number of anilines is 2. The highest BCUT2D eigenvalue weighted by molar-refractivity contribution is 7.09. The lowest BCUT2D eigenvalue weighted by molar-refractivity contribution is 0.407. The molecule has 112 valence electrons. The third-order valence-corrected chi connectivity index (χ3v) is 4.80. The molecule has 2 aromatic rings. The van der Waals surface area contributed by atoms with Gasteiger partial charge in [-0.25, -0.2) is 4.98 Å². The molecule has 2 aliphatic rings. The van der Waals surface area contributed by atoms with Crippen LogP contribution < -0.4 is 9.80 Å². The average molecular weight is 306 g/mol. The fourth-order valence-corrected chi connectivity index (χ4v) is 3.30. The van der Waals surface area contributed by atoms with Gasteiger partial charge in [-0.05, 0) is 26.2 Å². The van der Waals surface area contributed by atoms with Crippen LogP contribution in [0.5, 0.6) is 0 Å². The van der Waals surface area contributed by atoms with E-state index < -0.39 is 0 Å². The Morgan fingerprint density at radius 2 is 1.90 bits per heavy atom. The third-order valence-electron chi connectivity index (χ3n) is 3.93. The van der Waals surface area contributed by atoms with Gasteiger partial charge < -0.3 is 14.3 Å². The zero-order valence-corrected chi connectivity index (χ0v) is 12.8. The molecule has 2 fully saturated rings. The molecule has 8 heteroatoms. The smallest absolute Gasteiger partial charge is 0.324 e. The minimum atomic E-state index is 0.537. The molecule has 0 N–H and O–H groups in total. The van der Waals surface area contributed by atoms with Crippen molar-refractivity contribution in [3.8, 4) is 0 Å². The average Bonchev–Trinajstić information content (AvgIpc) is 3.16. The summed E-state index contributed by atoms with van der Waals surface area (Å²) in [6.07, 6.45) is 3.45. The lowest BCUT2D eigenvalue weighted by Gasteiger charge is -2.19. The van der Waals surface area contributed by atoms with Gasteiger partial charge in [-0.15, -0.1) is 0 Å². The second-order valence-corrected chi connectivity index (χ2v) is 6.39. The number of aromatic nitrogens is 4. The highest BCUT2D eigenvalue weighted by atomic mass is 32.1. The number of aryl methyl sites for hydroxylation is 1. The summed E-state index contributed by atoms with van der Waals surface area (Å²) in [5.74, 6) is 2.27. The van der Waals surface area contributed by atoms with E-state index in [1.807, 2.05) is 6.92 Å². The molecule has 0 amide bonds. The highest BCUT2D eigenvalue weighted by Gasteiger charge is 2.30. The Kier molecular flexibility index (Phi) is 3.25. The van der Waals surface area contributed by atoms with Crippen molar-refractivity contribution in [1.82, 2.24) is 19.5 Å². The van der Waals surface area contributed by atoms with Crippen LogP contribution in [-0.2, 0) is 0 Å². The van der Waals surface area contributed by atoms with Crippen LogP contribution in [-0.4, -0.2) is 45.7 Å². The Balaban J connectivity index is 1.44. The van der Waals surface area contributed by atoms with Crippen LogP contribution >= 0.6 is 11.5 Å². The number of nitrogens with zero attached hydrogens (tertiary/aromatic N) is 6. The summed E-state index contributed by atoms with van der Waals surface area (Å²) >= 11 is 1.47. The van der Waals surface area contributed by atoms with Crippen molar-refractivity contribution in [1.29, 1.82) is 0 Å². The molecular formula is C13H18N6OS. The molecule has 4 rings (SSSR count). The second-order valence-electron chi connectivity index (χ2n) is 5.66. The normalized spacial score (nSPS) is 19.9. The fraction of sp³-hybridized carbons (Fsp3) is 0.692. The van der Waals surface area contributed by atoms with E-state index in [2.05, 4.69) is 29.3 Å². The van der Waals surface area contributed by atoms with E-state index in [0.717, 1.165) is 49.4 Å². The predicted molar refractivity (Wildman–Crippen MR) is 80.0 cm³/mol. The molecule has 1 saturated carbocycles. The van der Waals surface area contributed by atoms with Gasteiger partial charge >= 0.3 is 6.01 Å². The Hall–Kier alpha value is -1.70. The van der Waals surface area contributed by atoms with Crippen molar-refractivity contribution >= 4 is 22.7 Å². The topological polar surface area (TPSA) is 71.2 Å². The van der Waals surface area contributed by atoms with Crippen molar-refractivity contribution in [2.24, 2.45) is 0 Å². The summed E-state index contributed by atoms with van der Waals surface area (Å²) in [4.78, 5) is 13.5. The number of rotatable bonds is 3. The van der Waals surface area contributed by atoms with Gasteiger partial charge in [0.2, 0.25) is 5.13 Å². The van der Waals surface area contributed by atoms with E-state index in [1.165, 1.54) is 24.4 Å². The quantitative estimate of drug-likeness (QED) is 0.856. The molecule has 0 radical (unpaired) electrons. The van der Waals surface area contributed by atoms with Crippen molar-refractivity contribution in [3.05, 3.63) is 11.6 Å². The van der Waals surface area contributed by atoms with E-state index in [-0.39, 0.29) is 0 Å². The van der Waals surface area contributed by atoms with Crippen LogP contribution in [0.4, 0.5) is 11.1 Å². The lowest BCUT2D eigenvalue weighted by atomic mass is 10.4. The molecule has 7 nitrogen and oxygen atoms in total. The van der Waals surface area contributed by atoms with Crippen molar-refractivity contribution in [2.75, 3.05) is 36.0 Å². The summed E-state index contributed by atoms with van der Waals surface area (Å²) in [6, 6.07) is 0.673. The summed E-state index contributed by atoms with van der Waals surface area (Å²) in [5.41, 5.74) is 0. The zero-order chi connectivity index (χ0) is 14.2. The summed E-state index contributed by atoms with van der Waals surface area (Å²) < 4.78 is 9.69. The van der Waals surface area contributed by atoms with Gasteiger partial charge in [0, 0.05) is 43.6 Å². The van der Waals surface area contributed by atoms with Crippen LogP contribution in [0.25, 0.3) is 0 Å². The fourth-order valence-electron chi connectivity index (χ4n) is 2.58. The maximum Gasteiger partial charge on any atom is 0.324 e. The second kappa shape index (κ2) is 5.25. The molecule has 0 unspecified atom stereocenters. The third kappa shape index (κ3) is 2.72. The van der Waals surface area contributed by atoms with E-state index in [0.29, 0.717) is 11.9 Å². The molecule has 21 heavy (non-hydrogen) atoms. The van der Waals surface area contributed by atoms with Crippen molar-refractivity contribution in [3.63, 3.8) is 0 Å². The van der Waals surface area contributed by atoms with Gasteiger partial charge in [-0.1, -0.05) is 5.16 Å². The monoisotopic (exact) mass is 306 g/mol. The maximum absolute atomic E-state index is 5.43. The van der Waals surface area contributed by atoms with Gasteiger partial charge in [-0.2, -0.15) is 9.36 Å². The number of hydrogen-bond acceptors (Lipinski definition) is 8. The standard InChI is InChI=1S/C13H18N6OS/c1-9-14-13(21-17-9)19-6-2-5-18(7-8-19)12-15-11(16-20-12)10-3-4-10/h10H,2-8H2,1H3. The minimum Gasteiger partial charge on any atom is -0.345 e. The van der Waals surface area contributed by atoms with Crippen LogP contribution in [0.1, 0.15) is 36.8 Å². The van der Waals surface area contributed by atoms with Crippen LogP contribution in [0.15, 0.2) is 4.52 Å². The molecule has 0 aromatic carbocycles. The van der Waals surface area contributed by atoms with E-state index in [1.54, 1.807) is 0 Å². The summed E-state index contributed by atoms with van der Waals surface area (Å²) in [6.45, 7) is 5.66. The van der Waals surface area contributed by atoms with Gasteiger partial charge in [0.05, 0.1) is 0 Å². The molecule has 0 spiro atoms. The largest absolute Gasteiger partial charge is 0.345 e. The maximum atomic E-state index is 5.43. The Bertz CT molecular complexity index is 622. The van der Waals surface area contributed by atoms with Gasteiger partial charge in [0.25, 0.3) is 0 Å². The van der Waals surface area contributed by atoms with E-state index in [9.17, 15) is 0 Å². The SMILES string of the molecule is Cc1nsc(N2CCCN(c3nc(C4CC4)no3)CC2)n1. The van der Waals surface area contributed by atoms with Gasteiger partial charge in [-0.3, -0.25) is 0 Å². The van der Waals surface area contributed by atoms with Crippen LogP contribution in [0, 0.1) is 6.92 Å². The first-order chi connectivity index (χ1) is 10.3. The summed E-state index contributed by atoms with van der Waals surface area (Å²) in [5, 5.41) is 5.12. The first-order valence-corrected chi connectivity index (χ1v) is 8.21. The van der Waals surface area contributed by atoms with Crippen molar-refractivity contribution < 1.29 is 4.52 Å². The van der Waals surface area contributed by atoms with E-state index >= 15 is 0 Å². The minimum absolute atomic E-state index is 0.537. The molecule has 1 aliphatic carbocycles. The molecule has 0 bridgehead atoms. The molecule has 1 aliphatic heterocycles. The first-order valence-electron chi connectivity index (χ1n) is 7.43. The lowest BCUT2D eigenvalue weighted by Crippen LogP contribution is -2.30. The first kappa shape index (κ1) is 13.0. The Morgan fingerprint density at radius 1 is 1.10 bits per heavy atom. The van der Waals surface area contributed by atoms with E-state index in [4.69, 9.17) is 4.52 Å². The van der Waals surface area contributed by atoms with Crippen LogP contribution in [0.2, 0.25) is 0 Å². The molecule has 3 heterocycles.